The van der Waals surface area contributed by atoms with Crippen LogP contribution in [0.1, 0.15) is 50.0 Å². The first-order valence-electron chi connectivity index (χ1n) is 11.6. The van der Waals surface area contributed by atoms with Crippen molar-refractivity contribution in [1.29, 1.82) is 0 Å². The normalized spacial score (nSPS) is 14.1. The number of methoxy groups -OCH3 is 2. The summed E-state index contributed by atoms with van der Waals surface area (Å²) in [6, 6.07) is 15.8. The van der Waals surface area contributed by atoms with Gasteiger partial charge in [0, 0.05) is 18.0 Å². The number of rotatable bonds is 9. The van der Waals surface area contributed by atoms with Gasteiger partial charge in [-0.15, -0.1) is 0 Å². The summed E-state index contributed by atoms with van der Waals surface area (Å²) in [5.41, 5.74) is 1.94. The lowest BCUT2D eigenvalue weighted by molar-refractivity contribution is -0.135. The zero-order chi connectivity index (χ0) is 23.0. The van der Waals surface area contributed by atoms with Gasteiger partial charge in [-0.2, -0.15) is 4.98 Å². The minimum atomic E-state index is 0.136. The number of amides is 1. The summed E-state index contributed by atoms with van der Waals surface area (Å²) in [5, 5.41) is 4.15. The lowest BCUT2D eigenvalue weighted by Crippen LogP contribution is -2.41. The second-order valence-corrected chi connectivity index (χ2v) is 8.38. The predicted octanol–water partition coefficient (Wildman–Crippen LogP) is 5.05. The predicted molar refractivity (Wildman–Crippen MR) is 125 cm³/mol. The Morgan fingerprint density at radius 2 is 1.79 bits per heavy atom. The van der Waals surface area contributed by atoms with Gasteiger partial charge >= 0.3 is 0 Å². The molecule has 1 fully saturated rings. The molecule has 0 saturated heterocycles. The number of hydrogen-bond donors (Lipinski definition) is 0. The number of aromatic nitrogens is 2. The highest BCUT2D eigenvalue weighted by Gasteiger charge is 2.27. The number of benzene rings is 2. The van der Waals surface area contributed by atoms with Gasteiger partial charge in [0.25, 0.3) is 0 Å². The third-order valence-corrected chi connectivity index (χ3v) is 6.22. The number of aryl methyl sites for hydroxylation is 1. The fourth-order valence-corrected chi connectivity index (χ4v) is 4.41. The Hall–Kier alpha value is -3.35. The Morgan fingerprint density at radius 3 is 2.52 bits per heavy atom. The molecule has 1 saturated carbocycles. The van der Waals surface area contributed by atoms with Gasteiger partial charge in [-0.3, -0.25) is 4.79 Å². The van der Waals surface area contributed by atoms with Crippen molar-refractivity contribution >= 4 is 5.91 Å². The topological polar surface area (TPSA) is 77.7 Å². The van der Waals surface area contributed by atoms with E-state index in [9.17, 15) is 4.79 Å². The second kappa shape index (κ2) is 11.0. The van der Waals surface area contributed by atoms with Crippen molar-refractivity contribution in [3.63, 3.8) is 0 Å². The summed E-state index contributed by atoms with van der Waals surface area (Å²) >= 11 is 0. The minimum absolute atomic E-state index is 0.136. The van der Waals surface area contributed by atoms with E-state index in [1.807, 2.05) is 41.3 Å². The highest BCUT2D eigenvalue weighted by molar-refractivity contribution is 5.76. The lowest BCUT2D eigenvalue weighted by Gasteiger charge is -2.33. The van der Waals surface area contributed by atoms with Crippen LogP contribution in [0.15, 0.2) is 53.1 Å². The van der Waals surface area contributed by atoms with Crippen LogP contribution in [0, 0.1) is 0 Å². The van der Waals surface area contributed by atoms with E-state index in [2.05, 4.69) is 22.3 Å². The highest BCUT2D eigenvalue weighted by Crippen LogP contribution is 2.31. The smallest absolute Gasteiger partial charge is 0.246 e. The molecule has 1 amide bonds. The molecule has 0 bridgehead atoms. The molecule has 0 aliphatic heterocycles. The molecule has 1 aliphatic rings. The maximum atomic E-state index is 13.3. The van der Waals surface area contributed by atoms with Crippen LogP contribution in [-0.2, 0) is 17.8 Å². The Bertz CT molecular complexity index is 1040. The highest BCUT2D eigenvalue weighted by atomic mass is 16.5. The molecule has 1 heterocycles. The van der Waals surface area contributed by atoms with Gasteiger partial charge in [-0.25, -0.2) is 0 Å². The van der Waals surface area contributed by atoms with E-state index in [1.54, 1.807) is 14.2 Å². The molecule has 1 aliphatic carbocycles. The summed E-state index contributed by atoms with van der Waals surface area (Å²) in [6.07, 6.45) is 6.76. The fourth-order valence-electron chi connectivity index (χ4n) is 4.41. The summed E-state index contributed by atoms with van der Waals surface area (Å²) in [6.45, 7) is 0.332. The molecule has 4 rings (SSSR count). The van der Waals surface area contributed by atoms with E-state index in [-0.39, 0.29) is 11.9 Å². The molecule has 33 heavy (non-hydrogen) atoms. The maximum absolute atomic E-state index is 13.3. The van der Waals surface area contributed by atoms with E-state index in [0.717, 1.165) is 37.7 Å². The van der Waals surface area contributed by atoms with Crippen molar-refractivity contribution < 1.29 is 18.8 Å². The van der Waals surface area contributed by atoms with Crippen LogP contribution in [-0.4, -0.2) is 41.2 Å². The van der Waals surface area contributed by atoms with Gasteiger partial charge in [0.15, 0.2) is 11.5 Å². The zero-order valence-electron chi connectivity index (χ0n) is 19.3. The van der Waals surface area contributed by atoms with Crippen molar-refractivity contribution in [1.82, 2.24) is 15.0 Å². The van der Waals surface area contributed by atoms with Crippen molar-refractivity contribution in [2.24, 2.45) is 0 Å². The number of hydrogen-bond acceptors (Lipinski definition) is 6. The van der Waals surface area contributed by atoms with Crippen molar-refractivity contribution in [2.75, 3.05) is 14.2 Å². The average Bonchev–Trinajstić information content (AvgIpc) is 3.35. The van der Waals surface area contributed by atoms with Crippen LogP contribution in [0.25, 0.3) is 11.4 Å². The van der Waals surface area contributed by atoms with E-state index in [1.165, 1.54) is 12.0 Å². The molecular weight excluding hydrogens is 418 g/mol. The molecular formula is C26H31N3O4. The number of carbonyl (C=O) groups is 1. The zero-order valence-corrected chi connectivity index (χ0v) is 19.3. The van der Waals surface area contributed by atoms with E-state index in [0.29, 0.717) is 36.2 Å². The quantitative estimate of drug-likeness (QED) is 0.455. The molecule has 0 unspecified atom stereocenters. The fraction of sp³-hybridized carbons (Fsp3) is 0.423. The van der Waals surface area contributed by atoms with Crippen LogP contribution in [0.2, 0.25) is 0 Å². The van der Waals surface area contributed by atoms with Crippen LogP contribution in [0.5, 0.6) is 11.5 Å². The molecule has 174 valence electrons. The van der Waals surface area contributed by atoms with Gasteiger partial charge in [-0.1, -0.05) is 54.8 Å². The second-order valence-electron chi connectivity index (χ2n) is 8.38. The van der Waals surface area contributed by atoms with Crippen LogP contribution in [0.3, 0.4) is 0 Å². The maximum Gasteiger partial charge on any atom is 0.246 e. The van der Waals surface area contributed by atoms with Crippen molar-refractivity contribution in [2.45, 2.75) is 57.5 Å². The number of carbonyl (C=O) groups excluding carboxylic acids is 1. The summed E-state index contributed by atoms with van der Waals surface area (Å²) in [5.74, 6) is 2.28. The van der Waals surface area contributed by atoms with E-state index >= 15 is 0 Å². The van der Waals surface area contributed by atoms with Gasteiger partial charge in [0.2, 0.25) is 17.6 Å². The monoisotopic (exact) mass is 449 g/mol. The molecule has 0 N–H and O–H groups in total. The first-order chi connectivity index (χ1) is 16.2. The Kier molecular flexibility index (Phi) is 7.60. The van der Waals surface area contributed by atoms with E-state index in [4.69, 9.17) is 14.0 Å². The molecule has 1 aromatic heterocycles. The van der Waals surface area contributed by atoms with E-state index < -0.39 is 0 Å². The molecule has 0 atom stereocenters. The Labute approximate surface area is 194 Å². The van der Waals surface area contributed by atoms with Gasteiger partial charge < -0.3 is 18.9 Å². The van der Waals surface area contributed by atoms with Crippen LogP contribution in [0.4, 0.5) is 0 Å². The van der Waals surface area contributed by atoms with Crippen molar-refractivity contribution in [3.05, 3.63) is 60.0 Å². The molecule has 0 spiro atoms. The first-order valence-corrected chi connectivity index (χ1v) is 11.6. The lowest BCUT2D eigenvalue weighted by atomic mass is 9.93. The third kappa shape index (κ3) is 5.72. The molecule has 7 heteroatoms. The largest absolute Gasteiger partial charge is 0.493 e. The summed E-state index contributed by atoms with van der Waals surface area (Å²) in [4.78, 5) is 19.8. The third-order valence-electron chi connectivity index (χ3n) is 6.22. The summed E-state index contributed by atoms with van der Waals surface area (Å²) < 4.78 is 16.2. The molecule has 3 aromatic rings. The standard InChI is InChI=1S/C26H31N3O4/c1-31-22-15-14-20(17-23(22)32-2)26-27-24(33-28-26)18-29(21-11-7-4-8-12-21)25(30)16-13-19-9-5-3-6-10-19/h3,5-6,9-10,14-15,17,21H,4,7-8,11-13,16,18H2,1-2H3. The van der Waals surface area contributed by atoms with Gasteiger partial charge in [0.05, 0.1) is 14.2 Å². The van der Waals surface area contributed by atoms with Crippen LogP contribution < -0.4 is 9.47 Å². The molecule has 7 nitrogen and oxygen atoms in total. The van der Waals surface area contributed by atoms with Crippen molar-refractivity contribution in [3.8, 4) is 22.9 Å². The first kappa shape index (κ1) is 22.8. The minimum Gasteiger partial charge on any atom is -0.493 e. The SMILES string of the molecule is COc1ccc(-c2noc(CN(C(=O)CCc3ccccc3)C3CCCCC3)n2)cc1OC. The van der Waals surface area contributed by atoms with Crippen LogP contribution >= 0.6 is 0 Å². The van der Waals surface area contributed by atoms with Gasteiger partial charge in [0.1, 0.15) is 6.54 Å². The average molecular weight is 450 g/mol. The Morgan fingerprint density at radius 1 is 1.03 bits per heavy atom. The molecule has 2 aromatic carbocycles. The number of nitrogens with zero attached hydrogens (tertiary/aromatic N) is 3. The number of ether oxygens (including phenoxy) is 2. The van der Waals surface area contributed by atoms with Gasteiger partial charge in [-0.05, 0) is 43.0 Å². The Balaban J connectivity index is 1.49. The molecule has 0 radical (unpaired) electrons. The summed E-state index contributed by atoms with van der Waals surface area (Å²) in [7, 11) is 3.19.